The molecule has 0 bridgehead atoms. The highest BCUT2D eigenvalue weighted by atomic mass is 16.5. The molecule has 1 aliphatic rings. The van der Waals surface area contributed by atoms with Crippen LogP contribution in [0.2, 0.25) is 0 Å². The van der Waals surface area contributed by atoms with Gasteiger partial charge >= 0.3 is 0 Å². The normalized spacial score (nSPS) is 27.1. The molecule has 2 unspecified atom stereocenters. The molecule has 4 heteroatoms. The molecule has 1 fully saturated rings. The lowest BCUT2D eigenvalue weighted by molar-refractivity contribution is -0.0115. The Morgan fingerprint density at radius 1 is 1.69 bits per heavy atom. The second-order valence-electron chi connectivity index (χ2n) is 4.61. The van der Waals surface area contributed by atoms with Crippen molar-refractivity contribution < 1.29 is 4.74 Å². The van der Waals surface area contributed by atoms with Gasteiger partial charge in [0, 0.05) is 31.5 Å². The van der Waals surface area contributed by atoms with Gasteiger partial charge in [0.05, 0.1) is 5.60 Å². The van der Waals surface area contributed by atoms with Gasteiger partial charge in [-0.3, -0.25) is 0 Å². The van der Waals surface area contributed by atoms with Crippen LogP contribution in [-0.4, -0.2) is 34.8 Å². The van der Waals surface area contributed by atoms with Crippen LogP contribution in [-0.2, 0) is 11.2 Å². The minimum absolute atomic E-state index is 0.0389. The van der Waals surface area contributed by atoms with Gasteiger partial charge in [0.15, 0.2) is 0 Å². The summed E-state index contributed by atoms with van der Waals surface area (Å²) < 4.78 is 5.90. The summed E-state index contributed by atoms with van der Waals surface area (Å²) in [6.07, 6.45) is 6.87. The topological polar surface area (TPSA) is 49.9 Å². The fourth-order valence-electron chi connectivity index (χ4n) is 2.43. The quantitative estimate of drug-likeness (QED) is 0.795. The van der Waals surface area contributed by atoms with Crippen molar-refractivity contribution in [2.45, 2.75) is 44.8 Å². The number of nitrogens with one attached hydrogen (secondary N) is 2. The predicted octanol–water partition coefficient (Wildman–Crippen LogP) is 1.50. The smallest absolute Gasteiger partial charge is 0.107 e. The summed E-state index contributed by atoms with van der Waals surface area (Å²) in [4.78, 5) is 7.45. The van der Waals surface area contributed by atoms with E-state index in [4.69, 9.17) is 4.74 Å². The number of H-pyrrole nitrogens is 1. The van der Waals surface area contributed by atoms with Gasteiger partial charge in [0.1, 0.15) is 5.82 Å². The van der Waals surface area contributed by atoms with Crippen molar-refractivity contribution in [1.82, 2.24) is 15.3 Å². The van der Waals surface area contributed by atoms with E-state index < -0.39 is 0 Å². The maximum atomic E-state index is 5.90. The Hall–Kier alpha value is -0.870. The molecule has 2 atom stereocenters. The molecule has 0 aliphatic carbocycles. The van der Waals surface area contributed by atoms with Crippen LogP contribution >= 0.6 is 0 Å². The van der Waals surface area contributed by atoms with Gasteiger partial charge in [-0.1, -0.05) is 6.92 Å². The molecule has 2 N–H and O–H groups in total. The minimum atomic E-state index is -0.0389. The first-order valence-electron chi connectivity index (χ1n) is 6.10. The van der Waals surface area contributed by atoms with Gasteiger partial charge < -0.3 is 15.0 Å². The molecule has 2 rings (SSSR count). The Morgan fingerprint density at radius 2 is 2.56 bits per heavy atom. The van der Waals surface area contributed by atoms with Crippen LogP contribution in [0.4, 0.5) is 0 Å². The number of imidazole rings is 1. The Bertz CT molecular complexity index is 304. The first-order valence-corrected chi connectivity index (χ1v) is 6.10. The highest BCUT2D eigenvalue weighted by Gasteiger charge is 2.38. The molecule has 1 aromatic rings. The molecule has 4 nitrogen and oxygen atoms in total. The van der Waals surface area contributed by atoms with Crippen molar-refractivity contribution >= 4 is 0 Å². The number of hydrogen-bond donors (Lipinski definition) is 2. The number of likely N-dealkylation sites (N-methyl/N-ethyl adjacent to an activating group) is 1. The lowest BCUT2D eigenvalue weighted by Gasteiger charge is -2.33. The van der Waals surface area contributed by atoms with Gasteiger partial charge in [-0.25, -0.2) is 4.98 Å². The maximum Gasteiger partial charge on any atom is 0.107 e. The van der Waals surface area contributed by atoms with E-state index in [1.165, 1.54) is 0 Å². The average Bonchev–Trinajstić information content (AvgIpc) is 2.89. The molecule has 90 valence electrons. The van der Waals surface area contributed by atoms with E-state index >= 15 is 0 Å². The van der Waals surface area contributed by atoms with Crippen molar-refractivity contribution in [2.75, 3.05) is 13.2 Å². The minimum Gasteiger partial charge on any atom is -0.374 e. The van der Waals surface area contributed by atoms with Gasteiger partial charge in [-0.15, -0.1) is 0 Å². The lowest BCUT2D eigenvalue weighted by Crippen LogP contribution is -2.50. The van der Waals surface area contributed by atoms with Crippen LogP contribution in [0.15, 0.2) is 12.4 Å². The summed E-state index contributed by atoms with van der Waals surface area (Å²) in [7, 11) is 0. The molecule has 2 heterocycles. The third-order valence-corrected chi connectivity index (χ3v) is 3.39. The third-order valence-electron chi connectivity index (χ3n) is 3.39. The zero-order valence-electron chi connectivity index (χ0n) is 10.1. The zero-order chi connectivity index (χ0) is 11.4. The summed E-state index contributed by atoms with van der Waals surface area (Å²) >= 11 is 0. The highest BCUT2D eigenvalue weighted by molar-refractivity contribution is 5.00. The van der Waals surface area contributed by atoms with Crippen molar-refractivity contribution in [2.24, 2.45) is 0 Å². The molecule has 1 aliphatic heterocycles. The number of nitrogens with zero attached hydrogens (tertiary/aromatic N) is 1. The fourth-order valence-corrected chi connectivity index (χ4v) is 2.43. The summed E-state index contributed by atoms with van der Waals surface area (Å²) in [5, 5.41) is 3.52. The summed E-state index contributed by atoms with van der Waals surface area (Å²) in [5.74, 6) is 1.03. The van der Waals surface area contributed by atoms with Crippen LogP contribution in [0.3, 0.4) is 0 Å². The van der Waals surface area contributed by atoms with Gasteiger partial charge in [0.2, 0.25) is 0 Å². The second-order valence-corrected chi connectivity index (χ2v) is 4.61. The van der Waals surface area contributed by atoms with E-state index in [0.717, 1.165) is 38.2 Å². The monoisotopic (exact) mass is 223 g/mol. The molecule has 0 radical (unpaired) electrons. The molecular formula is C12H21N3O. The van der Waals surface area contributed by atoms with Crippen LogP contribution < -0.4 is 5.32 Å². The predicted molar refractivity (Wildman–Crippen MR) is 63.3 cm³/mol. The summed E-state index contributed by atoms with van der Waals surface area (Å²) in [6.45, 7) is 6.19. The maximum absolute atomic E-state index is 5.90. The van der Waals surface area contributed by atoms with Crippen molar-refractivity contribution in [1.29, 1.82) is 0 Å². The van der Waals surface area contributed by atoms with E-state index in [9.17, 15) is 0 Å². The first-order chi connectivity index (χ1) is 7.74. The van der Waals surface area contributed by atoms with Crippen molar-refractivity contribution in [3.63, 3.8) is 0 Å². The highest BCUT2D eigenvalue weighted by Crippen LogP contribution is 2.29. The van der Waals surface area contributed by atoms with Crippen molar-refractivity contribution in [3.05, 3.63) is 18.2 Å². The van der Waals surface area contributed by atoms with E-state index in [2.05, 4.69) is 29.1 Å². The van der Waals surface area contributed by atoms with Gasteiger partial charge in [-0.05, 0) is 26.3 Å². The van der Waals surface area contributed by atoms with Crippen molar-refractivity contribution in [3.8, 4) is 0 Å². The summed E-state index contributed by atoms with van der Waals surface area (Å²) in [6, 6.07) is 0.339. The van der Waals surface area contributed by atoms with E-state index in [-0.39, 0.29) is 5.60 Å². The van der Waals surface area contributed by atoms with E-state index in [0.29, 0.717) is 6.04 Å². The molecule has 0 spiro atoms. The largest absolute Gasteiger partial charge is 0.374 e. The molecule has 0 aromatic carbocycles. The second kappa shape index (κ2) is 4.97. The molecule has 1 saturated heterocycles. The Morgan fingerprint density at radius 3 is 3.12 bits per heavy atom. The lowest BCUT2D eigenvalue weighted by atomic mass is 9.90. The molecule has 0 saturated carbocycles. The fraction of sp³-hybridized carbons (Fsp3) is 0.750. The molecule has 16 heavy (non-hydrogen) atoms. The van der Waals surface area contributed by atoms with Gasteiger partial charge in [-0.2, -0.15) is 0 Å². The van der Waals surface area contributed by atoms with Crippen LogP contribution in [0, 0.1) is 0 Å². The number of aromatic amines is 1. The van der Waals surface area contributed by atoms with E-state index in [1.807, 2.05) is 6.20 Å². The number of aromatic nitrogens is 2. The number of rotatable bonds is 5. The first kappa shape index (κ1) is 11.6. The number of hydrogen-bond acceptors (Lipinski definition) is 3. The zero-order valence-corrected chi connectivity index (χ0v) is 10.1. The Labute approximate surface area is 96.8 Å². The van der Waals surface area contributed by atoms with Gasteiger partial charge in [0.25, 0.3) is 0 Å². The van der Waals surface area contributed by atoms with Crippen LogP contribution in [0.1, 0.15) is 32.5 Å². The SMILES string of the molecule is CCNC(Cc1ncc[nH]1)C1(C)CCCO1. The standard InChI is InChI=1S/C12H21N3O/c1-3-13-10(9-11-14-6-7-15-11)12(2)5-4-8-16-12/h6-7,10,13H,3-5,8-9H2,1-2H3,(H,14,15). The van der Waals surface area contributed by atoms with Crippen LogP contribution in [0.5, 0.6) is 0 Å². The average molecular weight is 223 g/mol. The molecule has 0 amide bonds. The third kappa shape index (κ3) is 2.44. The molecular weight excluding hydrogens is 202 g/mol. The summed E-state index contributed by atoms with van der Waals surface area (Å²) in [5.41, 5.74) is -0.0389. The van der Waals surface area contributed by atoms with Crippen LogP contribution in [0.25, 0.3) is 0 Å². The molecule has 1 aromatic heterocycles. The Balaban J connectivity index is 2.04. The Kier molecular flexibility index (Phi) is 3.61. The van der Waals surface area contributed by atoms with E-state index in [1.54, 1.807) is 6.20 Å². The number of ether oxygens (including phenoxy) is 1.